The fourth-order valence-electron chi connectivity index (χ4n) is 5.47. The number of non-ortho nitro benzene ring substituents is 1. The summed E-state index contributed by atoms with van der Waals surface area (Å²) in [6, 6.07) is 2.96. The van der Waals surface area contributed by atoms with Crippen molar-refractivity contribution in [3.63, 3.8) is 0 Å². The molecule has 0 aliphatic carbocycles. The zero-order chi connectivity index (χ0) is 39.0. The van der Waals surface area contributed by atoms with E-state index in [9.17, 15) is 29.2 Å². The largest absolute Gasteiger partial charge is 0.472 e. The van der Waals surface area contributed by atoms with Gasteiger partial charge in [0.2, 0.25) is 5.52 Å². The number of rotatable bonds is 32. The molecular weight excluding hydrogens is 709 g/mol. The van der Waals surface area contributed by atoms with Crippen LogP contribution in [0.3, 0.4) is 0 Å². The minimum Gasteiger partial charge on any atom is -0.462 e. The highest BCUT2D eigenvalue weighted by molar-refractivity contribution is 7.47. The molecule has 1 aromatic heterocycles. The molecule has 1 heterocycles. The van der Waals surface area contributed by atoms with E-state index >= 15 is 0 Å². The van der Waals surface area contributed by atoms with Gasteiger partial charge in [-0.1, -0.05) is 90.4 Å². The first-order chi connectivity index (χ1) is 25.3. The Labute approximate surface area is 313 Å². The normalized spacial score (nSPS) is 13.5. The number of nitro groups is 1. The lowest BCUT2D eigenvalue weighted by Gasteiger charge is -2.24. The molecule has 2 N–H and O–H groups in total. The van der Waals surface area contributed by atoms with Crippen molar-refractivity contribution in [2.45, 2.75) is 129 Å². The lowest BCUT2D eigenvalue weighted by molar-refractivity contribution is -0.870. The van der Waals surface area contributed by atoms with Gasteiger partial charge in [0.25, 0.3) is 0 Å². The van der Waals surface area contributed by atoms with Crippen LogP contribution in [0.1, 0.15) is 122 Å². The number of benzene rings is 1. The summed E-state index contributed by atoms with van der Waals surface area (Å²) in [5.74, 6) is -1.00. The minimum atomic E-state index is -4.44. The van der Waals surface area contributed by atoms with Crippen molar-refractivity contribution < 1.29 is 51.6 Å². The molecule has 0 amide bonds. The first-order valence-corrected chi connectivity index (χ1v) is 20.7. The fraction of sp³-hybridized carbons (Fsp3) is 0.778. The zero-order valence-corrected chi connectivity index (χ0v) is 33.2. The van der Waals surface area contributed by atoms with E-state index in [0.717, 1.165) is 19.3 Å². The van der Waals surface area contributed by atoms with Crippen molar-refractivity contribution in [2.24, 2.45) is 0 Å². The molecule has 0 aliphatic rings. The Bertz CT molecular complexity index is 1400. The molecule has 16 nitrogen and oxygen atoms in total. The number of quaternary nitrogens is 1. The molecule has 53 heavy (non-hydrogen) atoms. The Balaban J connectivity index is 1.71. The predicted molar refractivity (Wildman–Crippen MR) is 201 cm³/mol. The number of phosphoric acid groups is 1. The van der Waals surface area contributed by atoms with Gasteiger partial charge in [0.15, 0.2) is 6.10 Å². The Kier molecular flexibility index (Phi) is 22.4. The van der Waals surface area contributed by atoms with E-state index < -0.39 is 37.4 Å². The summed E-state index contributed by atoms with van der Waals surface area (Å²) >= 11 is 0. The van der Waals surface area contributed by atoms with Crippen LogP contribution in [-0.2, 0) is 32.7 Å². The first-order valence-electron chi connectivity index (χ1n) is 19.2. The van der Waals surface area contributed by atoms with Gasteiger partial charge in [-0.25, -0.2) is 9.19 Å². The number of hydrogen-bond donors (Lipinski definition) is 2. The van der Waals surface area contributed by atoms with Crippen LogP contribution in [0.4, 0.5) is 11.4 Å². The van der Waals surface area contributed by atoms with E-state index in [0.29, 0.717) is 48.9 Å². The average molecular weight is 773 g/mol. The lowest BCUT2D eigenvalue weighted by atomic mass is 10.0. The molecule has 0 saturated carbocycles. The third kappa shape index (κ3) is 22.0. The molecule has 0 aliphatic heterocycles. The number of ether oxygens (including phenoxy) is 2. The fourth-order valence-corrected chi connectivity index (χ4v) is 6.21. The van der Waals surface area contributed by atoms with Crippen LogP contribution in [-0.4, -0.2) is 96.7 Å². The number of nitrogens with zero attached hydrogens (tertiary/aromatic N) is 4. The van der Waals surface area contributed by atoms with Gasteiger partial charge in [-0.3, -0.25) is 28.8 Å². The molecular formula is C36H63N5O11P+. The maximum Gasteiger partial charge on any atom is 0.472 e. The van der Waals surface area contributed by atoms with E-state index in [1.807, 2.05) is 21.1 Å². The number of likely N-dealkylation sites (N-methyl/N-ethyl adjacent to an activating group) is 1. The zero-order valence-electron chi connectivity index (χ0n) is 32.3. The van der Waals surface area contributed by atoms with Gasteiger partial charge in [-0.2, -0.15) is 0 Å². The van der Waals surface area contributed by atoms with Crippen molar-refractivity contribution in [3.05, 3.63) is 22.2 Å². The van der Waals surface area contributed by atoms with E-state index in [-0.39, 0.29) is 42.8 Å². The van der Waals surface area contributed by atoms with E-state index in [1.165, 1.54) is 63.9 Å². The molecule has 0 fully saturated rings. The summed E-state index contributed by atoms with van der Waals surface area (Å²) in [5.41, 5.74) is 0.613. The third-order valence-electron chi connectivity index (χ3n) is 8.58. The molecule has 0 spiro atoms. The Morgan fingerprint density at radius 1 is 0.868 bits per heavy atom. The van der Waals surface area contributed by atoms with Crippen LogP contribution in [0.5, 0.6) is 0 Å². The number of anilines is 1. The van der Waals surface area contributed by atoms with Crippen LogP contribution in [0.15, 0.2) is 16.8 Å². The minimum absolute atomic E-state index is 0.0202. The molecule has 1 aromatic carbocycles. The Morgan fingerprint density at radius 3 is 2.06 bits per heavy atom. The van der Waals surface area contributed by atoms with Gasteiger partial charge in [0.1, 0.15) is 25.3 Å². The summed E-state index contributed by atoms with van der Waals surface area (Å²) in [6.45, 7) is 2.35. The van der Waals surface area contributed by atoms with Crippen molar-refractivity contribution in [2.75, 3.05) is 59.4 Å². The number of carbonyl (C=O) groups excluding carboxylic acids is 2. The van der Waals surface area contributed by atoms with Crippen LogP contribution in [0.2, 0.25) is 0 Å². The second-order valence-electron chi connectivity index (χ2n) is 14.5. The summed E-state index contributed by atoms with van der Waals surface area (Å²) in [7, 11) is 1.29. The Morgan fingerprint density at radius 2 is 1.45 bits per heavy atom. The number of carbonyl (C=O) groups is 2. The number of hydrogen-bond acceptors (Lipinski definition) is 13. The highest BCUT2D eigenvalue weighted by atomic mass is 31.2. The quantitative estimate of drug-likeness (QED) is 0.0181. The maximum absolute atomic E-state index is 12.7. The second-order valence-corrected chi connectivity index (χ2v) is 16.0. The van der Waals surface area contributed by atoms with Crippen LogP contribution in [0, 0.1) is 10.1 Å². The molecule has 0 bridgehead atoms. The molecule has 2 aromatic rings. The van der Waals surface area contributed by atoms with Crippen LogP contribution >= 0.6 is 7.82 Å². The number of phosphoric ester groups is 1. The number of esters is 2. The number of nitro benzene ring substituents is 1. The van der Waals surface area contributed by atoms with Crippen molar-refractivity contribution in [3.8, 4) is 0 Å². The molecule has 0 saturated heterocycles. The van der Waals surface area contributed by atoms with Gasteiger partial charge in [-0.05, 0) is 35.6 Å². The monoisotopic (exact) mass is 772 g/mol. The molecule has 0 radical (unpaired) electrons. The highest BCUT2D eigenvalue weighted by Gasteiger charge is 2.27. The van der Waals surface area contributed by atoms with E-state index in [4.69, 9.17) is 18.5 Å². The Hall–Kier alpha value is -3.17. The number of aromatic nitrogens is 2. The SMILES string of the molecule is CCCCCCCCCCCCCCCC(=O)OC[C@H](COP(=O)(O)OCC[N+](C)(C)C)OC(=O)CCCCCNc1cc([N+](=O)[O-])c2nonc2c1. The third-order valence-corrected chi connectivity index (χ3v) is 9.56. The number of fused-ring (bicyclic) bond motifs is 1. The van der Waals surface area contributed by atoms with Crippen LogP contribution in [0.25, 0.3) is 11.0 Å². The van der Waals surface area contributed by atoms with Crippen molar-refractivity contribution >= 4 is 42.2 Å². The van der Waals surface area contributed by atoms with Gasteiger partial charge >= 0.3 is 25.4 Å². The van der Waals surface area contributed by atoms with E-state index in [1.54, 1.807) is 6.07 Å². The highest BCUT2D eigenvalue weighted by Crippen LogP contribution is 2.43. The van der Waals surface area contributed by atoms with Gasteiger partial charge in [-0.15, -0.1) is 0 Å². The van der Waals surface area contributed by atoms with Crippen LogP contribution < -0.4 is 5.32 Å². The first kappa shape index (κ1) is 46.0. The van der Waals surface area contributed by atoms with Crippen molar-refractivity contribution in [1.29, 1.82) is 0 Å². The molecule has 1 unspecified atom stereocenters. The number of nitrogens with one attached hydrogen (secondary N) is 1. The molecule has 302 valence electrons. The molecule has 17 heteroatoms. The smallest absolute Gasteiger partial charge is 0.462 e. The number of unbranched alkanes of at least 4 members (excludes halogenated alkanes) is 14. The standard InChI is InChI=1S/C36H62N5O11P/c1-5-6-7-8-9-10-11-12-13-14-15-16-18-21-34(42)48-28-31(29-50-53(46,47)49-25-24-41(2,3)4)51-35(43)22-19-17-20-23-37-30-26-32-36(39-52-38-32)33(27-30)40(44)45/h26-27,31H,5-25,28-29H2,1-4H3,(H-,37,38,46,47)/p+1/t31-/m1/s1. The summed E-state index contributed by atoms with van der Waals surface area (Å²) in [6.07, 6.45) is 16.5. The van der Waals surface area contributed by atoms with Crippen molar-refractivity contribution in [1.82, 2.24) is 10.3 Å². The van der Waals surface area contributed by atoms with E-state index in [2.05, 4.69) is 27.2 Å². The van der Waals surface area contributed by atoms with Gasteiger partial charge in [0.05, 0.1) is 32.7 Å². The van der Waals surface area contributed by atoms with Gasteiger partial charge < -0.3 is 24.2 Å². The lowest BCUT2D eigenvalue weighted by Crippen LogP contribution is -2.37. The van der Waals surface area contributed by atoms with Gasteiger partial charge in [0, 0.05) is 31.1 Å². The predicted octanol–water partition coefficient (Wildman–Crippen LogP) is 7.88. The maximum atomic E-state index is 12.7. The summed E-state index contributed by atoms with van der Waals surface area (Å²) in [5, 5.41) is 21.7. The second kappa shape index (κ2) is 25.8. The molecule has 2 atom stereocenters. The molecule has 2 rings (SSSR count). The summed E-state index contributed by atoms with van der Waals surface area (Å²) in [4.78, 5) is 46.1. The average Bonchev–Trinajstić information content (AvgIpc) is 3.57. The summed E-state index contributed by atoms with van der Waals surface area (Å²) < 4.78 is 38.6. The topological polar surface area (TPSA) is 202 Å².